The van der Waals surface area contributed by atoms with Crippen molar-refractivity contribution in [2.24, 2.45) is 7.05 Å². The largest absolute Gasteiger partial charge is 0.294 e. The van der Waals surface area contributed by atoms with Crippen LogP contribution >= 0.6 is 15.9 Å². The molecule has 1 aromatic heterocycles. The van der Waals surface area contributed by atoms with Crippen LogP contribution < -0.4 is 0 Å². The van der Waals surface area contributed by atoms with E-state index in [1.165, 1.54) is 4.68 Å². The summed E-state index contributed by atoms with van der Waals surface area (Å²) in [6.07, 6.45) is 0.651. The summed E-state index contributed by atoms with van der Waals surface area (Å²) in [5.41, 5.74) is 0. The van der Waals surface area contributed by atoms with Gasteiger partial charge in [-0.2, -0.15) is 4.98 Å². The highest BCUT2D eigenvalue weighted by Crippen LogP contribution is 2.00. The Morgan fingerprint density at radius 3 is 2.67 bits per heavy atom. The first kappa shape index (κ1) is 6.41. The normalized spacial score (nSPS) is 9.56. The van der Waals surface area contributed by atoms with E-state index < -0.39 is 0 Å². The van der Waals surface area contributed by atoms with Gasteiger partial charge in [0, 0.05) is 7.05 Å². The quantitative estimate of drug-likeness (QED) is 0.601. The number of nitrogens with zero attached hydrogens (tertiary/aromatic N) is 3. The molecule has 1 heterocycles. The minimum Gasteiger partial charge on any atom is -0.294 e. The fraction of sp³-hybridized carbons (Fsp3) is 0.250. The van der Waals surface area contributed by atoms with E-state index in [9.17, 15) is 4.79 Å². The lowest BCUT2D eigenvalue weighted by Gasteiger charge is -1.83. The molecular formula is C4H4BrN3O. The maximum absolute atomic E-state index is 10.1. The number of hydrogen-bond donors (Lipinski definition) is 0. The Balaban J connectivity index is 3.15. The highest BCUT2D eigenvalue weighted by Gasteiger charge is 2.00. The SMILES string of the molecule is Cn1nc(Br)nc1C=O. The molecule has 0 spiro atoms. The van der Waals surface area contributed by atoms with Crippen molar-refractivity contribution in [1.29, 1.82) is 0 Å². The molecule has 0 aliphatic heterocycles. The summed E-state index contributed by atoms with van der Waals surface area (Å²) >= 11 is 3.02. The minimum atomic E-state index is 0.321. The number of carbonyl (C=O) groups is 1. The van der Waals surface area contributed by atoms with E-state index in [0.29, 0.717) is 16.8 Å². The molecule has 0 amide bonds. The highest BCUT2D eigenvalue weighted by molar-refractivity contribution is 9.10. The van der Waals surface area contributed by atoms with Gasteiger partial charge < -0.3 is 0 Å². The Kier molecular flexibility index (Phi) is 1.61. The Morgan fingerprint density at radius 2 is 2.44 bits per heavy atom. The van der Waals surface area contributed by atoms with Crippen LogP contribution in [0.5, 0.6) is 0 Å². The van der Waals surface area contributed by atoms with Crippen LogP contribution in [0.2, 0.25) is 0 Å². The van der Waals surface area contributed by atoms with Gasteiger partial charge in [-0.15, -0.1) is 5.10 Å². The average Bonchev–Trinajstić information content (AvgIpc) is 2.10. The predicted octanol–water partition coefficient (Wildman–Crippen LogP) is 0.390. The lowest BCUT2D eigenvalue weighted by atomic mass is 10.7. The molecule has 1 aromatic rings. The second-order valence-corrected chi connectivity index (χ2v) is 2.19. The average molecular weight is 190 g/mol. The van der Waals surface area contributed by atoms with Crippen molar-refractivity contribution in [1.82, 2.24) is 14.8 Å². The molecule has 0 N–H and O–H groups in total. The zero-order valence-corrected chi connectivity index (χ0v) is 6.29. The molecule has 0 saturated heterocycles. The van der Waals surface area contributed by atoms with E-state index in [0.717, 1.165) is 0 Å². The van der Waals surface area contributed by atoms with E-state index in [1.807, 2.05) is 0 Å². The monoisotopic (exact) mass is 189 g/mol. The molecular weight excluding hydrogens is 186 g/mol. The third kappa shape index (κ3) is 1.16. The molecule has 0 saturated carbocycles. The number of hydrogen-bond acceptors (Lipinski definition) is 3. The predicted molar refractivity (Wildman–Crippen MR) is 34.1 cm³/mol. The van der Waals surface area contributed by atoms with Gasteiger partial charge in [0.15, 0.2) is 12.1 Å². The van der Waals surface area contributed by atoms with Crippen molar-refractivity contribution in [3.05, 3.63) is 10.6 Å². The molecule has 0 fully saturated rings. The van der Waals surface area contributed by atoms with Crippen molar-refractivity contribution in [2.75, 3.05) is 0 Å². The Labute approximate surface area is 60.0 Å². The summed E-state index contributed by atoms with van der Waals surface area (Å²) in [6, 6.07) is 0. The maximum atomic E-state index is 10.1. The smallest absolute Gasteiger partial charge is 0.217 e. The van der Waals surface area contributed by atoms with Crippen LogP contribution in [0.15, 0.2) is 4.73 Å². The molecule has 9 heavy (non-hydrogen) atoms. The third-order valence-corrected chi connectivity index (χ3v) is 1.21. The number of rotatable bonds is 1. The van der Waals surface area contributed by atoms with Gasteiger partial charge in [-0.25, -0.2) is 4.68 Å². The fourth-order valence-electron chi connectivity index (χ4n) is 0.467. The lowest BCUT2D eigenvalue weighted by molar-refractivity contribution is 0.111. The van der Waals surface area contributed by atoms with Crippen LogP contribution in [0.25, 0.3) is 0 Å². The van der Waals surface area contributed by atoms with Gasteiger partial charge in [0.05, 0.1) is 0 Å². The van der Waals surface area contributed by atoms with Crippen LogP contribution in [0.4, 0.5) is 0 Å². The summed E-state index contributed by atoms with van der Waals surface area (Å²) in [5, 5.41) is 3.77. The molecule has 5 heteroatoms. The molecule has 48 valence electrons. The number of halogens is 1. The van der Waals surface area contributed by atoms with Crippen LogP contribution in [0.3, 0.4) is 0 Å². The second-order valence-electron chi connectivity index (χ2n) is 1.48. The number of carbonyl (C=O) groups excluding carboxylic acids is 1. The van der Waals surface area contributed by atoms with Crippen molar-refractivity contribution in [3.8, 4) is 0 Å². The van der Waals surface area contributed by atoms with Crippen LogP contribution in [-0.4, -0.2) is 21.1 Å². The summed E-state index contributed by atoms with van der Waals surface area (Å²) in [5.74, 6) is 0.321. The first-order chi connectivity index (χ1) is 4.24. The van der Waals surface area contributed by atoms with Gasteiger partial charge in [0.1, 0.15) is 0 Å². The van der Waals surface area contributed by atoms with Gasteiger partial charge in [-0.1, -0.05) is 0 Å². The first-order valence-corrected chi connectivity index (χ1v) is 3.05. The van der Waals surface area contributed by atoms with E-state index in [1.54, 1.807) is 7.05 Å². The molecule has 0 unspecified atom stereocenters. The molecule has 0 atom stereocenters. The number of aldehydes is 1. The Bertz CT molecular complexity index is 232. The van der Waals surface area contributed by atoms with Crippen LogP contribution in [0, 0.1) is 0 Å². The Hall–Kier alpha value is -0.710. The maximum Gasteiger partial charge on any atom is 0.217 e. The summed E-state index contributed by atoms with van der Waals surface area (Å²) in [6.45, 7) is 0. The van der Waals surface area contributed by atoms with Crippen molar-refractivity contribution in [2.45, 2.75) is 0 Å². The van der Waals surface area contributed by atoms with Crippen LogP contribution in [0.1, 0.15) is 10.6 Å². The van der Waals surface area contributed by atoms with Crippen molar-refractivity contribution >= 4 is 22.2 Å². The van der Waals surface area contributed by atoms with E-state index in [4.69, 9.17) is 0 Å². The van der Waals surface area contributed by atoms with Crippen molar-refractivity contribution in [3.63, 3.8) is 0 Å². The summed E-state index contributed by atoms with van der Waals surface area (Å²) < 4.78 is 1.84. The van der Waals surface area contributed by atoms with E-state index in [2.05, 4.69) is 26.0 Å². The highest BCUT2D eigenvalue weighted by atomic mass is 79.9. The fourth-order valence-corrected chi connectivity index (χ4v) is 0.886. The first-order valence-electron chi connectivity index (χ1n) is 2.26. The summed E-state index contributed by atoms with van der Waals surface area (Å²) in [4.78, 5) is 13.8. The topological polar surface area (TPSA) is 47.8 Å². The van der Waals surface area contributed by atoms with Gasteiger partial charge in [0.2, 0.25) is 4.73 Å². The molecule has 0 bridgehead atoms. The summed E-state index contributed by atoms with van der Waals surface area (Å²) in [7, 11) is 1.65. The standard InChI is InChI=1S/C4H4BrN3O/c1-8-3(2-9)6-4(5)7-8/h2H,1H3. The van der Waals surface area contributed by atoms with E-state index >= 15 is 0 Å². The van der Waals surface area contributed by atoms with Gasteiger partial charge in [-0.3, -0.25) is 4.79 Å². The van der Waals surface area contributed by atoms with Crippen LogP contribution in [-0.2, 0) is 7.05 Å². The van der Waals surface area contributed by atoms with Crippen molar-refractivity contribution < 1.29 is 4.79 Å². The van der Waals surface area contributed by atoms with Gasteiger partial charge >= 0.3 is 0 Å². The molecule has 0 aliphatic rings. The van der Waals surface area contributed by atoms with Gasteiger partial charge in [-0.05, 0) is 15.9 Å². The molecule has 0 aromatic carbocycles. The Morgan fingerprint density at radius 1 is 1.78 bits per heavy atom. The minimum absolute atomic E-state index is 0.321. The molecule has 0 aliphatic carbocycles. The number of aryl methyl sites for hydroxylation is 1. The number of aromatic nitrogens is 3. The zero-order chi connectivity index (χ0) is 6.85. The lowest BCUT2D eigenvalue weighted by Crippen LogP contribution is -1.96. The van der Waals surface area contributed by atoms with Gasteiger partial charge in [0.25, 0.3) is 0 Å². The zero-order valence-electron chi connectivity index (χ0n) is 4.71. The van der Waals surface area contributed by atoms with E-state index in [-0.39, 0.29) is 0 Å². The molecule has 4 nitrogen and oxygen atoms in total. The second kappa shape index (κ2) is 2.26. The molecule has 0 radical (unpaired) electrons. The third-order valence-electron chi connectivity index (χ3n) is 0.876. The molecule has 1 rings (SSSR count).